The van der Waals surface area contributed by atoms with Crippen LogP contribution in [0.4, 0.5) is 0 Å². The molecule has 0 saturated heterocycles. The van der Waals surface area contributed by atoms with Crippen LogP contribution in [0.2, 0.25) is 0 Å². The Morgan fingerprint density at radius 3 is 2.04 bits per heavy atom. The first kappa shape index (κ1) is 16.9. The van der Waals surface area contributed by atoms with Gasteiger partial charge < -0.3 is 10.6 Å². The Morgan fingerprint density at radius 2 is 1.50 bits per heavy atom. The molecule has 2 aliphatic rings. The number of carbonyl (C=O) groups is 2. The summed E-state index contributed by atoms with van der Waals surface area (Å²) in [5.41, 5.74) is 2.34. The van der Waals surface area contributed by atoms with E-state index in [-0.39, 0.29) is 23.9 Å². The zero-order valence-corrected chi connectivity index (χ0v) is 15.9. The van der Waals surface area contributed by atoms with Crippen molar-refractivity contribution in [3.8, 4) is 0 Å². The molecule has 0 radical (unpaired) electrons. The third kappa shape index (κ3) is 2.92. The largest absolute Gasteiger partial charge is 0.349 e. The Balaban J connectivity index is 0.000000141. The first-order valence-electron chi connectivity index (χ1n) is 7.73. The molecule has 128 valence electrons. The van der Waals surface area contributed by atoms with E-state index in [4.69, 9.17) is 0 Å². The zero-order chi connectivity index (χ0) is 17.4. The van der Waals surface area contributed by atoms with Gasteiger partial charge in [0.2, 0.25) is 0 Å². The molecule has 4 rings (SSSR count). The highest BCUT2D eigenvalue weighted by Gasteiger charge is 2.25. The van der Waals surface area contributed by atoms with Crippen molar-refractivity contribution in [3.05, 3.63) is 32.9 Å². The fraction of sp³-hybridized carbons (Fsp3) is 0.467. The number of amides is 2. The van der Waals surface area contributed by atoms with Crippen molar-refractivity contribution in [3.63, 3.8) is 0 Å². The van der Waals surface area contributed by atoms with Gasteiger partial charge in [0.25, 0.3) is 11.8 Å². The quantitative estimate of drug-likeness (QED) is 0.602. The van der Waals surface area contributed by atoms with Crippen molar-refractivity contribution in [2.45, 2.75) is 32.9 Å². The molecule has 9 heteroatoms. The van der Waals surface area contributed by atoms with Gasteiger partial charge in [0.1, 0.15) is 11.4 Å². The van der Waals surface area contributed by atoms with Gasteiger partial charge in [0, 0.05) is 13.1 Å². The lowest BCUT2D eigenvalue weighted by Crippen LogP contribution is -2.38. The van der Waals surface area contributed by atoms with Crippen LogP contribution >= 0.6 is 22.6 Å². The number of hydrogen-bond acceptors (Lipinski definition) is 4. The van der Waals surface area contributed by atoms with Crippen LogP contribution in [0.15, 0.2) is 12.4 Å². The van der Waals surface area contributed by atoms with Gasteiger partial charge in [-0.1, -0.05) is 0 Å². The monoisotopic (exact) mass is 442 g/mol. The van der Waals surface area contributed by atoms with Crippen molar-refractivity contribution in [2.24, 2.45) is 0 Å². The number of aryl methyl sites for hydroxylation is 1. The molecule has 2 aromatic heterocycles. The minimum Gasteiger partial charge on any atom is -0.349 e. The summed E-state index contributed by atoms with van der Waals surface area (Å²) in [5, 5.41) is 13.9. The van der Waals surface area contributed by atoms with E-state index in [9.17, 15) is 9.59 Å². The van der Waals surface area contributed by atoms with Gasteiger partial charge in [-0.2, -0.15) is 10.2 Å². The highest BCUT2D eigenvalue weighted by Crippen LogP contribution is 2.19. The molecule has 2 aromatic rings. The summed E-state index contributed by atoms with van der Waals surface area (Å²) in [4.78, 5) is 22.7. The maximum absolute atomic E-state index is 11.3. The number of carbonyl (C=O) groups excluding carboxylic acids is 2. The third-order valence-electron chi connectivity index (χ3n) is 4.11. The second-order valence-electron chi connectivity index (χ2n) is 6.02. The van der Waals surface area contributed by atoms with Gasteiger partial charge in [-0.05, 0) is 48.9 Å². The Labute approximate surface area is 153 Å². The predicted molar refractivity (Wildman–Crippen MR) is 96.0 cm³/mol. The van der Waals surface area contributed by atoms with E-state index in [2.05, 4.69) is 43.4 Å². The van der Waals surface area contributed by atoms with Crippen LogP contribution in [0, 0.1) is 10.5 Å². The molecule has 0 fully saturated rings. The molecule has 4 heterocycles. The van der Waals surface area contributed by atoms with Gasteiger partial charge in [0.05, 0.1) is 28.0 Å². The SMILES string of the molecule is C[C@H]1CNC(=O)c2c(I)cnn21.Cc1cnn2c1C(=O)NC[C@@H]2C. The molecular weight excluding hydrogens is 423 g/mol. The molecule has 2 aliphatic heterocycles. The summed E-state index contributed by atoms with van der Waals surface area (Å²) in [6.45, 7) is 7.31. The summed E-state index contributed by atoms with van der Waals surface area (Å²) in [6, 6.07) is 0.535. The van der Waals surface area contributed by atoms with E-state index in [1.807, 2.05) is 20.8 Å². The van der Waals surface area contributed by atoms with E-state index in [0.717, 1.165) is 9.13 Å². The Kier molecular flexibility index (Phi) is 4.61. The van der Waals surface area contributed by atoms with Crippen molar-refractivity contribution < 1.29 is 9.59 Å². The Morgan fingerprint density at radius 1 is 1.00 bits per heavy atom. The fourth-order valence-corrected chi connectivity index (χ4v) is 3.39. The maximum atomic E-state index is 11.3. The first-order valence-corrected chi connectivity index (χ1v) is 8.81. The molecule has 0 bridgehead atoms. The normalized spacial score (nSPS) is 21.8. The minimum atomic E-state index is -0.0185. The molecule has 0 aliphatic carbocycles. The van der Waals surface area contributed by atoms with Crippen LogP contribution < -0.4 is 10.6 Å². The first-order chi connectivity index (χ1) is 11.4. The van der Waals surface area contributed by atoms with Gasteiger partial charge in [-0.25, -0.2) is 0 Å². The molecular formula is C15H19IN6O2. The van der Waals surface area contributed by atoms with Gasteiger partial charge in [-0.3, -0.25) is 19.0 Å². The predicted octanol–water partition coefficient (Wildman–Crippen LogP) is 1.29. The number of nitrogens with one attached hydrogen (secondary N) is 2. The lowest BCUT2D eigenvalue weighted by atomic mass is 10.2. The number of halogens is 1. The molecule has 0 unspecified atom stereocenters. The topological polar surface area (TPSA) is 93.8 Å². The van der Waals surface area contributed by atoms with Crippen LogP contribution in [0.1, 0.15) is 52.5 Å². The van der Waals surface area contributed by atoms with Crippen LogP contribution in [0.25, 0.3) is 0 Å². The van der Waals surface area contributed by atoms with Gasteiger partial charge in [-0.15, -0.1) is 0 Å². The van der Waals surface area contributed by atoms with Crippen LogP contribution in [0.5, 0.6) is 0 Å². The van der Waals surface area contributed by atoms with E-state index in [1.54, 1.807) is 21.8 Å². The fourth-order valence-electron chi connectivity index (χ4n) is 2.77. The van der Waals surface area contributed by atoms with Crippen LogP contribution in [-0.4, -0.2) is 44.5 Å². The van der Waals surface area contributed by atoms with Crippen LogP contribution in [0.3, 0.4) is 0 Å². The smallest absolute Gasteiger partial charge is 0.270 e. The summed E-state index contributed by atoms with van der Waals surface area (Å²) >= 11 is 2.12. The summed E-state index contributed by atoms with van der Waals surface area (Å²) in [5.74, 6) is -0.0295. The molecule has 0 spiro atoms. The Bertz CT molecular complexity index is 730. The average Bonchev–Trinajstić information content (AvgIpc) is 3.13. The summed E-state index contributed by atoms with van der Waals surface area (Å²) in [6.07, 6.45) is 3.45. The minimum absolute atomic E-state index is 0.0110. The second-order valence-corrected chi connectivity index (χ2v) is 7.19. The number of hydrogen-bond donors (Lipinski definition) is 2. The molecule has 2 amide bonds. The number of nitrogens with zero attached hydrogens (tertiary/aromatic N) is 4. The molecule has 0 saturated carbocycles. The summed E-state index contributed by atoms with van der Waals surface area (Å²) < 4.78 is 4.48. The zero-order valence-electron chi connectivity index (χ0n) is 13.7. The molecule has 0 aromatic carbocycles. The number of aromatic nitrogens is 4. The lowest BCUT2D eigenvalue weighted by molar-refractivity contribution is 0.0904. The van der Waals surface area contributed by atoms with Crippen molar-refractivity contribution >= 4 is 34.4 Å². The van der Waals surface area contributed by atoms with E-state index < -0.39 is 0 Å². The van der Waals surface area contributed by atoms with E-state index >= 15 is 0 Å². The molecule has 24 heavy (non-hydrogen) atoms. The second kappa shape index (κ2) is 6.54. The molecule has 2 N–H and O–H groups in total. The lowest BCUT2D eigenvalue weighted by Gasteiger charge is -2.21. The molecule has 8 nitrogen and oxygen atoms in total. The average molecular weight is 442 g/mol. The maximum Gasteiger partial charge on any atom is 0.270 e. The summed E-state index contributed by atoms with van der Waals surface area (Å²) in [7, 11) is 0. The van der Waals surface area contributed by atoms with Crippen molar-refractivity contribution in [1.82, 2.24) is 30.2 Å². The standard InChI is InChI=1S/C8H11N3O.C7H8IN3O/c1-5-3-10-11-6(2)4-9-8(12)7(5)11;1-4-2-9-7(12)6-5(8)3-10-11(4)6/h3,6H,4H2,1-2H3,(H,9,12);3-4H,2H2,1H3,(H,9,12)/t6-;4-/m00/s1. The highest BCUT2D eigenvalue weighted by atomic mass is 127. The van der Waals surface area contributed by atoms with Crippen molar-refractivity contribution in [1.29, 1.82) is 0 Å². The highest BCUT2D eigenvalue weighted by molar-refractivity contribution is 14.1. The van der Waals surface area contributed by atoms with E-state index in [1.165, 1.54) is 0 Å². The van der Waals surface area contributed by atoms with Crippen molar-refractivity contribution in [2.75, 3.05) is 13.1 Å². The van der Waals surface area contributed by atoms with Gasteiger partial charge >= 0.3 is 0 Å². The third-order valence-corrected chi connectivity index (χ3v) is 4.90. The van der Waals surface area contributed by atoms with E-state index in [0.29, 0.717) is 24.5 Å². The van der Waals surface area contributed by atoms with Gasteiger partial charge in [0.15, 0.2) is 0 Å². The van der Waals surface area contributed by atoms with Crippen LogP contribution in [-0.2, 0) is 0 Å². The number of fused-ring (bicyclic) bond motifs is 2. The Hall–Kier alpha value is -1.91. The molecule has 2 atom stereocenters. The number of rotatable bonds is 0.